The zero-order chi connectivity index (χ0) is 15.1. The summed E-state index contributed by atoms with van der Waals surface area (Å²) >= 11 is 1.01. The molecule has 0 saturated carbocycles. The van der Waals surface area contributed by atoms with Crippen LogP contribution in [0.1, 0.15) is 42.6 Å². The molecule has 1 aliphatic heterocycles. The van der Waals surface area contributed by atoms with Crippen molar-refractivity contribution >= 4 is 37.0 Å². The van der Waals surface area contributed by atoms with Crippen LogP contribution in [0.3, 0.4) is 0 Å². The smallest absolute Gasteiger partial charge is 0.271 e. The fourth-order valence-electron chi connectivity index (χ4n) is 2.62. The first-order valence-electron chi connectivity index (χ1n) is 6.44. The Balaban J connectivity index is 2.29. The molecule has 20 heavy (non-hydrogen) atoms. The molecule has 0 unspecified atom stereocenters. The predicted octanol–water partition coefficient (Wildman–Crippen LogP) is 3.25. The van der Waals surface area contributed by atoms with Crippen LogP contribution >= 0.6 is 22.0 Å². The van der Waals surface area contributed by atoms with E-state index in [9.17, 15) is 13.2 Å². The average molecular weight is 336 g/mol. The van der Waals surface area contributed by atoms with Gasteiger partial charge in [-0.15, -0.1) is 11.3 Å². The number of hydrogen-bond acceptors (Lipinski definition) is 4. The number of likely N-dealkylation sites (tertiary alicyclic amines) is 1. The fourth-order valence-corrected chi connectivity index (χ4v) is 5.16. The van der Waals surface area contributed by atoms with Crippen molar-refractivity contribution in [1.29, 1.82) is 0 Å². The van der Waals surface area contributed by atoms with Crippen LogP contribution in [0, 0.1) is 12.3 Å². The number of carbonyl (C=O) groups is 1. The summed E-state index contributed by atoms with van der Waals surface area (Å²) in [5.41, 5.74) is 1.02. The summed E-state index contributed by atoms with van der Waals surface area (Å²) in [6.45, 7) is 7.34. The molecule has 0 atom stereocenters. The molecule has 1 aromatic rings. The Labute approximate surface area is 128 Å². The zero-order valence-electron chi connectivity index (χ0n) is 11.8. The van der Waals surface area contributed by atoms with Crippen molar-refractivity contribution in [3.63, 3.8) is 0 Å². The molecule has 4 nitrogen and oxygen atoms in total. The fraction of sp³-hybridized carbons (Fsp3) is 0.615. The highest BCUT2D eigenvalue weighted by Gasteiger charge is 2.31. The number of carbonyl (C=O) groups excluding carboxylic acids is 1. The Morgan fingerprint density at radius 2 is 2.10 bits per heavy atom. The van der Waals surface area contributed by atoms with E-state index in [4.69, 9.17) is 10.7 Å². The van der Waals surface area contributed by atoms with E-state index in [1.807, 2.05) is 4.90 Å². The number of rotatable bonds is 2. The van der Waals surface area contributed by atoms with Gasteiger partial charge in [-0.3, -0.25) is 4.79 Å². The summed E-state index contributed by atoms with van der Waals surface area (Å²) in [5.74, 6) is -0.0990. The van der Waals surface area contributed by atoms with Crippen LogP contribution in [0.25, 0.3) is 0 Å². The molecule has 0 N–H and O–H groups in total. The summed E-state index contributed by atoms with van der Waals surface area (Å²) in [5, 5.41) is 1.59. The number of halogens is 1. The van der Waals surface area contributed by atoms with Crippen molar-refractivity contribution in [3.8, 4) is 0 Å². The Bertz CT molecular complexity index is 634. The van der Waals surface area contributed by atoms with E-state index < -0.39 is 9.05 Å². The molecule has 0 spiro atoms. The van der Waals surface area contributed by atoms with Crippen LogP contribution in [0.4, 0.5) is 0 Å². The first-order chi connectivity index (χ1) is 9.12. The van der Waals surface area contributed by atoms with Crippen molar-refractivity contribution in [2.75, 3.05) is 13.1 Å². The highest BCUT2D eigenvalue weighted by atomic mass is 35.7. The Morgan fingerprint density at radius 1 is 1.45 bits per heavy atom. The number of nitrogens with zero attached hydrogens (tertiary/aromatic N) is 1. The lowest BCUT2D eigenvalue weighted by Crippen LogP contribution is -2.43. The van der Waals surface area contributed by atoms with Crippen molar-refractivity contribution in [1.82, 2.24) is 4.90 Å². The quantitative estimate of drug-likeness (QED) is 0.779. The van der Waals surface area contributed by atoms with Gasteiger partial charge in [0.25, 0.3) is 15.0 Å². The molecule has 0 radical (unpaired) electrons. The van der Waals surface area contributed by atoms with Gasteiger partial charge < -0.3 is 4.90 Å². The predicted molar refractivity (Wildman–Crippen MR) is 81.0 cm³/mol. The van der Waals surface area contributed by atoms with E-state index in [2.05, 4.69) is 13.8 Å². The van der Waals surface area contributed by atoms with Gasteiger partial charge in [-0.05, 0) is 30.7 Å². The second-order valence-corrected chi connectivity index (χ2v) is 9.64. The first-order valence-corrected chi connectivity index (χ1v) is 9.63. The second-order valence-electron chi connectivity index (χ2n) is 5.99. The van der Waals surface area contributed by atoms with Gasteiger partial charge in [-0.25, -0.2) is 8.42 Å². The van der Waals surface area contributed by atoms with Gasteiger partial charge in [0.2, 0.25) is 0 Å². The Kier molecular flexibility index (Phi) is 4.19. The molecule has 7 heteroatoms. The number of amides is 1. The maximum Gasteiger partial charge on any atom is 0.271 e. The monoisotopic (exact) mass is 335 g/mol. The lowest BCUT2D eigenvalue weighted by atomic mass is 9.84. The van der Waals surface area contributed by atoms with Crippen LogP contribution in [0.15, 0.2) is 9.59 Å². The van der Waals surface area contributed by atoms with Crippen LogP contribution in [-0.4, -0.2) is 32.3 Å². The summed E-state index contributed by atoms with van der Waals surface area (Å²) in [6, 6.07) is 0. The molecule has 1 fully saturated rings. The second kappa shape index (κ2) is 5.31. The van der Waals surface area contributed by atoms with E-state index in [0.717, 1.165) is 30.7 Å². The minimum absolute atomic E-state index is 0.0683. The molecule has 0 aliphatic carbocycles. The summed E-state index contributed by atoms with van der Waals surface area (Å²) in [7, 11) is 1.59. The molecule has 0 bridgehead atoms. The zero-order valence-corrected chi connectivity index (χ0v) is 14.2. The first kappa shape index (κ1) is 15.8. The lowest BCUT2D eigenvalue weighted by Gasteiger charge is -2.38. The van der Waals surface area contributed by atoms with Crippen molar-refractivity contribution in [3.05, 3.63) is 16.5 Å². The van der Waals surface area contributed by atoms with Crippen LogP contribution < -0.4 is 0 Å². The van der Waals surface area contributed by atoms with Gasteiger partial charge >= 0.3 is 0 Å². The molecule has 112 valence electrons. The topological polar surface area (TPSA) is 54.5 Å². The molecule has 1 aliphatic rings. The van der Waals surface area contributed by atoms with Crippen LogP contribution in [0.2, 0.25) is 0 Å². The third kappa shape index (κ3) is 3.18. The van der Waals surface area contributed by atoms with Crippen LogP contribution in [-0.2, 0) is 9.05 Å². The largest absolute Gasteiger partial charge is 0.338 e. The molecule has 1 amide bonds. The van der Waals surface area contributed by atoms with Gasteiger partial charge in [0.1, 0.15) is 4.21 Å². The molecular formula is C13H18ClNO3S2. The highest BCUT2D eigenvalue weighted by Crippen LogP contribution is 2.33. The van der Waals surface area contributed by atoms with Gasteiger partial charge in [0.05, 0.1) is 5.56 Å². The van der Waals surface area contributed by atoms with E-state index in [1.54, 1.807) is 12.3 Å². The average Bonchev–Trinajstić information content (AvgIpc) is 2.68. The molecule has 2 heterocycles. The minimum atomic E-state index is -3.78. The summed E-state index contributed by atoms with van der Waals surface area (Å²) in [4.78, 5) is 14.4. The molecule has 1 saturated heterocycles. The summed E-state index contributed by atoms with van der Waals surface area (Å²) < 4.78 is 22.9. The Morgan fingerprint density at radius 3 is 2.60 bits per heavy atom. The SMILES string of the molecule is Cc1c(C(=O)N2CCCC(C)(C)C2)csc1S(=O)(=O)Cl. The van der Waals surface area contributed by atoms with E-state index in [1.165, 1.54) is 0 Å². The number of hydrogen-bond donors (Lipinski definition) is 0. The molecule has 0 aromatic carbocycles. The van der Waals surface area contributed by atoms with Crippen LogP contribution in [0.5, 0.6) is 0 Å². The normalized spacial score (nSPS) is 19.1. The minimum Gasteiger partial charge on any atom is -0.338 e. The third-order valence-electron chi connectivity index (χ3n) is 3.63. The maximum atomic E-state index is 12.5. The third-order valence-corrected chi connectivity index (χ3v) is 6.94. The lowest BCUT2D eigenvalue weighted by molar-refractivity contribution is 0.0583. The van der Waals surface area contributed by atoms with Gasteiger partial charge in [-0.1, -0.05) is 13.8 Å². The Hall–Kier alpha value is -0.590. The van der Waals surface area contributed by atoms with E-state index >= 15 is 0 Å². The maximum absolute atomic E-state index is 12.5. The highest BCUT2D eigenvalue weighted by molar-refractivity contribution is 8.15. The molecular weight excluding hydrogens is 318 g/mol. The number of thiophene rings is 1. The number of piperidine rings is 1. The van der Waals surface area contributed by atoms with Gasteiger partial charge in [0, 0.05) is 29.2 Å². The molecule has 2 rings (SSSR count). The van der Waals surface area contributed by atoms with Crippen molar-refractivity contribution in [2.45, 2.75) is 37.8 Å². The van der Waals surface area contributed by atoms with Gasteiger partial charge in [0.15, 0.2) is 0 Å². The summed E-state index contributed by atoms with van der Waals surface area (Å²) in [6.07, 6.45) is 2.07. The van der Waals surface area contributed by atoms with E-state index in [-0.39, 0.29) is 15.5 Å². The van der Waals surface area contributed by atoms with E-state index in [0.29, 0.717) is 17.7 Å². The van der Waals surface area contributed by atoms with Crippen molar-refractivity contribution < 1.29 is 13.2 Å². The molecule has 1 aromatic heterocycles. The van der Waals surface area contributed by atoms with Crippen molar-refractivity contribution in [2.24, 2.45) is 5.41 Å². The standard InChI is InChI=1S/C13H18ClNO3S2/c1-9-10(7-19-12(9)20(14,17)18)11(16)15-6-4-5-13(2,3)8-15/h7H,4-6,8H2,1-3H3. The van der Waals surface area contributed by atoms with Gasteiger partial charge in [-0.2, -0.15) is 0 Å².